The van der Waals surface area contributed by atoms with Gasteiger partial charge in [-0.15, -0.1) is 10.2 Å². The number of hydrogen-bond donors (Lipinski definition) is 2. The molecule has 3 rings (SSSR count). The molecule has 132 valence electrons. The highest BCUT2D eigenvalue weighted by Crippen LogP contribution is 2.18. The van der Waals surface area contributed by atoms with E-state index in [1.54, 1.807) is 31.4 Å². The number of benzene rings is 2. The van der Waals surface area contributed by atoms with Crippen LogP contribution in [0, 0.1) is 5.82 Å². The average molecular weight is 352 g/mol. The summed E-state index contributed by atoms with van der Waals surface area (Å²) in [5.74, 6) is 0.966. The number of anilines is 3. The van der Waals surface area contributed by atoms with Crippen molar-refractivity contribution in [1.82, 2.24) is 10.2 Å². The summed E-state index contributed by atoms with van der Waals surface area (Å²) in [5.41, 5.74) is 1.43. The summed E-state index contributed by atoms with van der Waals surface area (Å²) in [5, 5.41) is 13.7. The van der Waals surface area contributed by atoms with Crippen molar-refractivity contribution in [3.05, 3.63) is 72.0 Å². The molecule has 0 fully saturated rings. The second-order valence-corrected chi connectivity index (χ2v) is 5.51. The van der Waals surface area contributed by atoms with E-state index in [1.165, 1.54) is 12.1 Å². The van der Waals surface area contributed by atoms with E-state index in [-0.39, 0.29) is 18.1 Å². The van der Waals surface area contributed by atoms with Gasteiger partial charge in [-0.25, -0.2) is 4.39 Å². The molecule has 1 aromatic heterocycles. The molecule has 0 spiro atoms. The predicted octanol–water partition coefficient (Wildman–Crippen LogP) is 3.55. The number of methoxy groups -OCH3 is 1. The average Bonchev–Trinajstić information content (AvgIpc) is 2.64. The number of halogens is 1. The van der Waals surface area contributed by atoms with E-state index in [9.17, 15) is 9.18 Å². The molecule has 26 heavy (non-hydrogen) atoms. The smallest absolute Gasteiger partial charge is 0.229 e. The zero-order valence-electron chi connectivity index (χ0n) is 14.1. The summed E-state index contributed by atoms with van der Waals surface area (Å²) in [6, 6.07) is 16.6. The number of aromatic nitrogens is 2. The first kappa shape index (κ1) is 17.3. The Kier molecular flexibility index (Phi) is 5.38. The fourth-order valence-electron chi connectivity index (χ4n) is 2.31. The van der Waals surface area contributed by atoms with Crippen molar-refractivity contribution >= 4 is 23.2 Å². The summed E-state index contributed by atoms with van der Waals surface area (Å²) in [6.45, 7) is 0. The van der Waals surface area contributed by atoms with Crippen LogP contribution < -0.4 is 15.4 Å². The molecule has 0 atom stereocenters. The van der Waals surface area contributed by atoms with Gasteiger partial charge in [0.2, 0.25) is 5.91 Å². The SMILES string of the molecule is COc1ccc(Nc2ccc(NC(=O)Cc3cccc(F)c3)nn2)cc1. The Hall–Kier alpha value is -3.48. The van der Waals surface area contributed by atoms with Crippen molar-refractivity contribution in [2.45, 2.75) is 6.42 Å². The van der Waals surface area contributed by atoms with Gasteiger partial charge < -0.3 is 15.4 Å². The Morgan fingerprint density at radius 1 is 1.04 bits per heavy atom. The van der Waals surface area contributed by atoms with Crippen molar-refractivity contribution in [1.29, 1.82) is 0 Å². The largest absolute Gasteiger partial charge is 0.497 e. The maximum atomic E-state index is 13.1. The number of carbonyl (C=O) groups excluding carboxylic acids is 1. The lowest BCUT2D eigenvalue weighted by Gasteiger charge is -2.07. The number of rotatable bonds is 6. The summed E-state index contributed by atoms with van der Waals surface area (Å²) >= 11 is 0. The Labute approximate surface area is 150 Å². The molecule has 1 heterocycles. The van der Waals surface area contributed by atoms with E-state index in [0.717, 1.165) is 11.4 Å². The van der Waals surface area contributed by atoms with Gasteiger partial charge in [-0.2, -0.15) is 0 Å². The lowest BCUT2D eigenvalue weighted by atomic mass is 10.1. The monoisotopic (exact) mass is 352 g/mol. The van der Waals surface area contributed by atoms with E-state index in [0.29, 0.717) is 17.2 Å². The first-order valence-electron chi connectivity index (χ1n) is 7.91. The van der Waals surface area contributed by atoms with Crippen molar-refractivity contribution in [2.75, 3.05) is 17.7 Å². The van der Waals surface area contributed by atoms with Crippen molar-refractivity contribution in [3.8, 4) is 5.75 Å². The van der Waals surface area contributed by atoms with Gasteiger partial charge >= 0.3 is 0 Å². The standard InChI is InChI=1S/C19H17FN4O2/c1-26-16-7-5-15(6-8-16)21-17-9-10-18(24-23-17)22-19(25)12-13-3-2-4-14(20)11-13/h2-11H,12H2,1H3,(H,21,23)(H,22,24,25). The molecule has 7 heteroatoms. The third-order valence-corrected chi connectivity index (χ3v) is 3.55. The van der Waals surface area contributed by atoms with E-state index in [2.05, 4.69) is 20.8 Å². The first-order valence-corrected chi connectivity index (χ1v) is 7.91. The first-order chi connectivity index (χ1) is 12.6. The molecule has 0 saturated carbocycles. The molecule has 0 unspecified atom stereocenters. The molecule has 1 amide bonds. The number of hydrogen-bond acceptors (Lipinski definition) is 5. The molecule has 0 aliphatic carbocycles. The molecule has 2 N–H and O–H groups in total. The van der Waals surface area contributed by atoms with Gasteiger partial charge in [0, 0.05) is 5.69 Å². The summed E-state index contributed by atoms with van der Waals surface area (Å²) in [4.78, 5) is 12.0. The van der Waals surface area contributed by atoms with Gasteiger partial charge in [-0.3, -0.25) is 4.79 Å². The summed E-state index contributed by atoms with van der Waals surface area (Å²) in [7, 11) is 1.61. The topological polar surface area (TPSA) is 76.1 Å². The van der Waals surface area contributed by atoms with Crippen LogP contribution in [0.25, 0.3) is 0 Å². The van der Waals surface area contributed by atoms with Crippen LogP contribution in [0.2, 0.25) is 0 Å². The predicted molar refractivity (Wildman–Crippen MR) is 97.0 cm³/mol. The number of nitrogens with one attached hydrogen (secondary N) is 2. The minimum absolute atomic E-state index is 0.0608. The van der Waals surface area contributed by atoms with Gasteiger partial charge in [-0.1, -0.05) is 12.1 Å². The van der Waals surface area contributed by atoms with Crippen LogP contribution in [0.5, 0.6) is 5.75 Å². The van der Waals surface area contributed by atoms with E-state index < -0.39 is 0 Å². The molecule has 2 aromatic carbocycles. The highest BCUT2D eigenvalue weighted by Gasteiger charge is 2.07. The van der Waals surface area contributed by atoms with Crippen LogP contribution in [-0.2, 0) is 11.2 Å². The number of ether oxygens (including phenoxy) is 1. The van der Waals surface area contributed by atoms with Gasteiger partial charge in [0.1, 0.15) is 11.6 Å². The minimum atomic E-state index is -0.371. The Balaban J connectivity index is 1.57. The van der Waals surface area contributed by atoms with Crippen molar-refractivity contribution < 1.29 is 13.9 Å². The van der Waals surface area contributed by atoms with Crippen molar-refractivity contribution in [3.63, 3.8) is 0 Å². The summed E-state index contributed by atoms with van der Waals surface area (Å²) in [6.07, 6.45) is 0.0608. The third kappa shape index (κ3) is 4.76. The van der Waals surface area contributed by atoms with Crippen molar-refractivity contribution in [2.24, 2.45) is 0 Å². The molecule has 0 aliphatic rings. The maximum Gasteiger partial charge on any atom is 0.229 e. The van der Waals surface area contributed by atoms with E-state index in [4.69, 9.17) is 4.74 Å². The van der Waals surface area contributed by atoms with Gasteiger partial charge in [0.15, 0.2) is 11.6 Å². The molecule has 0 saturated heterocycles. The van der Waals surface area contributed by atoms with Crippen LogP contribution in [0.15, 0.2) is 60.7 Å². The van der Waals surface area contributed by atoms with Crippen LogP contribution >= 0.6 is 0 Å². The molecule has 0 radical (unpaired) electrons. The Bertz CT molecular complexity index is 883. The highest BCUT2D eigenvalue weighted by molar-refractivity contribution is 5.91. The molecule has 0 aliphatic heterocycles. The van der Waals surface area contributed by atoms with Crippen LogP contribution in [0.1, 0.15) is 5.56 Å². The highest BCUT2D eigenvalue weighted by atomic mass is 19.1. The lowest BCUT2D eigenvalue weighted by Crippen LogP contribution is -2.15. The fraction of sp³-hybridized carbons (Fsp3) is 0.105. The van der Waals surface area contributed by atoms with Gasteiger partial charge in [0.05, 0.1) is 13.5 Å². The van der Waals surface area contributed by atoms with Gasteiger partial charge in [0.25, 0.3) is 0 Å². The van der Waals surface area contributed by atoms with Crippen LogP contribution in [-0.4, -0.2) is 23.2 Å². The lowest BCUT2D eigenvalue weighted by molar-refractivity contribution is -0.115. The Morgan fingerprint density at radius 2 is 1.77 bits per heavy atom. The molecule has 3 aromatic rings. The molecule has 6 nitrogen and oxygen atoms in total. The zero-order chi connectivity index (χ0) is 18.4. The zero-order valence-corrected chi connectivity index (χ0v) is 14.1. The maximum absolute atomic E-state index is 13.1. The number of carbonyl (C=O) groups is 1. The minimum Gasteiger partial charge on any atom is -0.497 e. The Morgan fingerprint density at radius 3 is 2.42 bits per heavy atom. The molecular formula is C19H17FN4O2. The molecular weight excluding hydrogens is 335 g/mol. The quantitative estimate of drug-likeness (QED) is 0.709. The fourth-order valence-corrected chi connectivity index (χ4v) is 2.31. The van der Waals surface area contributed by atoms with Crippen LogP contribution in [0.3, 0.4) is 0 Å². The normalized spacial score (nSPS) is 10.2. The second kappa shape index (κ2) is 8.06. The van der Waals surface area contributed by atoms with Crippen LogP contribution in [0.4, 0.5) is 21.7 Å². The summed E-state index contributed by atoms with van der Waals surface area (Å²) < 4.78 is 18.2. The number of nitrogens with zero attached hydrogens (tertiary/aromatic N) is 2. The van der Waals surface area contributed by atoms with E-state index >= 15 is 0 Å². The van der Waals surface area contributed by atoms with Gasteiger partial charge in [-0.05, 0) is 54.1 Å². The molecule has 0 bridgehead atoms. The van der Waals surface area contributed by atoms with E-state index in [1.807, 2.05) is 24.3 Å². The second-order valence-electron chi connectivity index (χ2n) is 5.51. The number of amides is 1. The third-order valence-electron chi connectivity index (χ3n) is 3.55.